The third-order valence-electron chi connectivity index (χ3n) is 2.03. The lowest BCUT2D eigenvalue weighted by atomic mass is 10.2. The third kappa shape index (κ3) is 1.44. The standard InChI is InChI=1S/C10H7BrN2S/c11-10-7-2-1-6(4-12)3-8(7)14-9(10)5-13/h1-3H,4,12H2. The predicted octanol–water partition coefficient (Wildman–Crippen LogP) is 2.99. The highest BCUT2D eigenvalue weighted by Gasteiger charge is 2.08. The Morgan fingerprint density at radius 1 is 1.50 bits per heavy atom. The van der Waals surface area contributed by atoms with Gasteiger partial charge in [-0.3, -0.25) is 0 Å². The Morgan fingerprint density at radius 2 is 2.29 bits per heavy atom. The van der Waals surface area contributed by atoms with Crippen molar-refractivity contribution in [3.63, 3.8) is 0 Å². The second-order valence-corrected chi connectivity index (χ2v) is 4.74. The van der Waals surface area contributed by atoms with Gasteiger partial charge in [0, 0.05) is 16.6 Å². The van der Waals surface area contributed by atoms with Gasteiger partial charge in [-0.25, -0.2) is 0 Å². The fourth-order valence-electron chi connectivity index (χ4n) is 1.31. The number of nitrogens with two attached hydrogens (primary N) is 1. The van der Waals surface area contributed by atoms with E-state index in [-0.39, 0.29) is 0 Å². The molecule has 2 N–H and O–H groups in total. The zero-order valence-corrected chi connectivity index (χ0v) is 9.65. The molecule has 0 fully saturated rings. The number of nitrogens with zero attached hydrogens (tertiary/aromatic N) is 1. The molecule has 2 aromatic rings. The van der Waals surface area contributed by atoms with Crippen molar-refractivity contribution in [3.8, 4) is 6.07 Å². The van der Waals surface area contributed by atoms with Gasteiger partial charge in [0.15, 0.2) is 0 Å². The first-order chi connectivity index (χ1) is 6.76. The van der Waals surface area contributed by atoms with Crippen LogP contribution in [-0.4, -0.2) is 0 Å². The molecular formula is C10H7BrN2S. The van der Waals surface area contributed by atoms with Crippen LogP contribution in [0.25, 0.3) is 10.1 Å². The molecule has 0 radical (unpaired) electrons. The number of hydrogen-bond acceptors (Lipinski definition) is 3. The van der Waals surface area contributed by atoms with Crippen LogP contribution in [0.2, 0.25) is 0 Å². The van der Waals surface area contributed by atoms with E-state index in [4.69, 9.17) is 11.0 Å². The number of halogens is 1. The average molecular weight is 267 g/mol. The highest BCUT2D eigenvalue weighted by Crippen LogP contribution is 2.35. The Hall–Kier alpha value is -0.890. The molecule has 0 saturated carbocycles. The molecule has 1 heterocycles. The van der Waals surface area contributed by atoms with E-state index in [0.717, 1.165) is 20.1 Å². The number of benzene rings is 1. The quantitative estimate of drug-likeness (QED) is 0.863. The zero-order chi connectivity index (χ0) is 10.1. The van der Waals surface area contributed by atoms with Gasteiger partial charge in [-0.1, -0.05) is 12.1 Å². The van der Waals surface area contributed by atoms with E-state index < -0.39 is 0 Å². The highest BCUT2D eigenvalue weighted by atomic mass is 79.9. The van der Waals surface area contributed by atoms with Crippen molar-refractivity contribution < 1.29 is 0 Å². The molecule has 1 aromatic heterocycles. The SMILES string of the molecule is N#Cc1sc2cc(CN)ccc2c1Br. The van der Waals surface area contributed by atoms with Crippen molar-refractivity contribution in [1.82, 2.24) is 0 Å². The van der Waals surface area contributed by atoms with Crippen LogP contribution in [0.15, 0.2) is 22.7 Å². The molecule has 70 valence electrons. The summed E-state index contributed by atoms with van der Waals surface area (Å²) in [5, 5.41) is 9.94. The van der Waals surface area contributed by atoms with Gasteiger partial charge in [-0.05, 0) is 27.6 Å². The highest BCUT2D eigenvalue weighted by molar-refractivity contribution is 9.10. The molecule has 1 aromatic carbocycles. The van der Waals surface area contributed by atoms with Gasteiger partial charge in [0.05, 0.1) is 4.47 Å². The Bertz CT molecular complexity index is 525. The maximum absolute atomic E-state index is 8.85. The lowest BCUT2D eigenvalue weighted by molar-refractivity contribution is 1.08. The summed E-state index contributed by atoms with van der Waals surface area (Å²) >= 11 is 4.91. The Balaban J connectivity index is 2.74. The van der Waals surface area contributed by atoms with Crippen LogP contribution in [0, 0.1) is 11.3 Å². The van der Waals surface area contributed by atoms with E-state index in [1.54, 1.807) is 0 Å². The predicted molar refractivity (Wildman–Crippen MR) is 62.1 cm³/mol. The topological polar surface area (TPSA) is 49.8 Å². The second kappa shape index (κ2) is 3.70. The molecule has 0 atom stereocenters. The van der Waals surface area contributed by atoms with Crippen molar-refractivity contribution in [3.05, 3.63) is 33.1 Å². The summed E-state index contributed by atoms with van der Waals surface area (Å²) in [5.74, 6) is 0. The first-order valence-corrected chi connectivity index (χ1v) is 5.68. The molecule has 0 bridgehead atoms. The van der Waals surface area contributed by atoms with Crippen molar-refractivity contribution in [2.75, 3.05) is 0 Å². The molecule has 0 spiro atoms. The molecule has 14 heavy (non-hydrogen) atoms. The minimum absolute atomic E-state index is 0.535. The van der Waals surface area contributed by atoms with E-state index >= 15 is 0 Å². The van der Waals surface area contributed by atoms with Crippen LogP contribution in [0.3, 0.4) is 0 Å². The fourth-order valence-corrected chi connectivity index (χ4v) is 3.07. The molecule has 0 aliphatic carbocycles. The van der Waals surface area contributed by atoms with Crippen LogP contribution >= 0.6 is 27.3 Å². The number of fused-ring (bicyclic) bond motifs is 1. The maximum atomic E-state index is 8.85. The van der Waals surface area contributed by atoms with E-state index in [9.17, 15) is 0 Å². The Morgan fingerprint density at radius 3 is 2.93 bits per heavy atom. The first kappa shape index (κ1) is 9.66. The van der Waals surface area contributed by atoms with Gasteiger partial charge in [0.2, 0.25) is 0 Å². The van der Waals surface area contributed by atoms with E-state index in [1.807, 2.05) is 18.2 Å². The van der Waals surface area contributed by atoms with Gasteiger partial charge in [-0.15, -0.1) is 11.3 Å². The van der Waals surface area contributed by atoms with Gasteiger partial charge >= 0.3 is 0 Å². The van der Waals surface area contributed by atoms with E-state index in [0.29, 0.717) is 11.4 Å². The summed E-state index contributed by atoms with van der Waals surface area (Å²) in [6.07, 6.45) is 0. The number of hydrogen-bond donors (Lipinski definition) is 1. The normalized spacial score (nSPS) is 10.4. The lowest BCUT2D eigenvalue weighted by Crippen LogP contribution is -1.94. The van der Waals surface area contributed by atoms with Gasteiger partial charge in [0.25, 0.3) is 0 Å². The van der Waals surface area contributed by atoms with Crippen molar-refractivity contribution in [2.45, 2.75) is 6.54 Å². The Kier molecular flexibility index (Phi) is 2.55. The minimum atomic E-state index is 0.535. The second-order valence-electron chi connectivity index (χ2n) is 2.89. The third-order valence-corrected chi connectivity index (χ3v) is 4.17. The summed E-state index contributed by atoms with van der Waals surface area (Å²) in [6.45, 7) is 0.535. The van der Waals surface area contributed by atoms with Gasteiger partial charge < -0.3 is 5.73 Å². The lowest BCUT2D eigenvalue weighted by Gasteiger charge is -1.95. The van der Waals surface area contributed by atoms with Crippen molar-refractivity contribution in [2.24, 2.45) is 5.73 Å². The number of nitriles is 1. The first-order valence-electron chi connectivity index (χ1n) is 4.07. The molecule has 4 heteroatoms. The average Bonchev–Trinajstić information content (AvgIpc) is 2.55. The van der Waals surface area contributed by atoms with Crippen LogP contribution in [0.1, 0.15) is 10.4 Å². The van der Waals surface area contributed by atoms with Crippen LogP contribution in [0.4, 0.5) is 0 Å². The summed E-state index contributed by atoms with van der Waals surface area (Å²) in [6, 6.07) is 8.18. The molecule has 0 saturated heterocycles. The van der Waals surface area contributed by atoms with Crippen molar-refractivity contribution >= 4 is 37.4 Å². The summed E-state index contributed by atoms with van der Waals surface area (Å²) in [4.78, 5) is 0.717. The Labute approximate surface area is 94.1 Å². The fraction of sp³-hybridized carbons (Fsp3) is 0.100. The largest absolute Gasteiger partial charge is 0.326 e. The monoisotopic (exact) mass is 266 g/mol. The smallest absolute Gasteiger partial charge is 0.120 e. The number of thiophene rings is 1. The van der Waals surface area contributed by atoms with Gasteiger partial charge in [0.1, 0.15) is 10.9 Å². The van der Waals surface area contributed by atoms with Crippen molar-refractivity contribution in [1.29, 1.82) is 5.26 Å². The summed E-state index contributed by atoms with van der Waals surface area (Å²) < 4.78 is 2.00. The maximum Gasteiger partial charge on any atom is 0.120 e. The van der Waals surface area contributed by atoms with Gasteiger partial charge in [-0.2, -0.15) is 5.26 Å². The molecule has 2 rings (SSSR count). The summed E-state index contributed by atoms with van der Waals surface area (Å²) in [7, 11) is 0. The zero-order valence-electron chi connectivity index (χ0n) is 7.25. The van der Waals surface area contributed by atoms with Crippen LogP contribution in [0.5, 0.6) is 0 Å². The van der Waals surface area contributed by atoms with Crippen LogP contribution in [-0.2, 0) is 6.54 Å². The number of rotatable bonds is 1. The van der Waals surface area contributed by atoms with E-state index in [1.165, 1.54) is 11.3 Å². The minimum Gasteiger partial charge on any atom is -0.326 e. The molecule has 0 amide bonds. The molecule has 0 unspecified atom stereocenters. The summed E-state index contributed by atoms with van der Waals surface area (Å²) in [5.41, 5.74) is 6.64. The molecule has 0 aliphatic heterocycles. The van der Waals surface area contributed by atoms with Crippen LogP contribution < -0.4 is 5.73 Å². The molecular weight excluding hydrogens is 260 g/mol. The van der Waals surface area contributed by atoms with E-state index in [2.05, 4.69) is 22.0 Å². The molecule has 2 nitrogen and oxygen atoms in total. The molecule has 0 aliphatic rings.